The van der Waals surface area contributed by atoms with E-state index >= 15 is 0 Å². The van der Waals surface area contributed by atoms with E-state index in [9.17, 15) is 14.9 Å². The fourth-order valence-electron chi connectivity index (χ4n) is 2.52. The lowest BCUT2D eigenvalue weighted by Crippen LogP contribution is -2.47. The summed E-state index contributed by atoms with van der Waals surface area (Å²) in [4.78, 5) is 26.6. The van der Waals surface area contributed by atoms with Gasteiger partial charge < -0.3 is 9.80 Å². The molecule has 1 aliphatic rings. The molecule has 1 aromatic carbocycles. The van der Waals surface area contributed by atoms with E-state index in [2.05, 4.69) is 4.90 Å². The Labute approximate surface area is 128 Å². The van der Waals surface area contributed by atoms with Crippen LogP contribution < -0.4 is 0 Å². The molecular formula is C14H18ClN3O3. The molecule has 6 nitrogen and oxygen atoms in total. The number of carbonyl (C=O) groups is 1. The van der Waals surface area contributed by atoms with E-state index in [0.29, 0.717) is 24.7 Å². The third-order valence-corrected chi connectivity index (χ3v) is 4.12. The maximum Gasteiger partial charge on any atom is 0.270 e. The molecule has 1 aromatic rings. The van der Waals surface area contributed by atoms with Crippen molar-refractivity contribution < 1.29 is 9.72 Å². The first-order valence-corrected chi connectivity index (χ1v) is 7.17. The summed E-state index contributed by atoms with van der Waals surface area (Å²) >= 11 is 6.02. The zero-order valence-electron chi connectivity index (χ0n) is 12.1. The third kappa shape index (κ3) is 3.51. The van der Waals surface area contributed by atoms with Gasteiger partial charge in [0.1, 0.15) is 0 Å². The highest BCUT2D eigenvalue weighted by Gasteiger charge is 2.27. The average Bonchev–Trinajstić information content (AvgIpc) is 2.46. The molecule has 2 rings (SSSR count). The SMILES string of the molecule is CN(C)C1CCCN(C(=O)c2ccc([N+](=O)[O-])cc2Cl)C1. The van der Waals surface area contributed by atoms with Crippen molar-refractivity contribution in [3.05, 3.63) is 38.9 Å². The van der Waals surface area contributed by atoms with Gasteiger partial charge in [-0.15, -0.1) is 0 Å². The molecule has 1 amide bonds. The number of rotatable bonds is 3. The topological polar surface area (TPSA) is 66.7 Å². The maximum absolute atomic E-state index is 12.5. The van der Waals surface area contributed by atoms with Gasteiger partial charge in [0.2, 0.25) is 0 Å². The van der Waals surface area contributed by atoms with E-state index in [1.165, 1.54) is 18.2 Å². The second kappa shape index (κ2) is 6.41. The van der Waals surface area contributed by atoms with Gasteiger partial charge in [0.15, 0.2) is 0 Å². The molecule has 7 heteroatoms. The number of nitro benzene ring substituents is 1. The Balaban J connectivity index is 2.18. The number of nitro groups is 1. The van der Waals surface area contributed by atoms with Crippen LogP contribution in [0.25, 0.3) is 0 Å². The van der Waals surface area contributed by atoms with Crippen LogP contribution in [-0.4, -0.2) is 53.9 Å². The second-order valence-electron chi connectivity index (χ2n) is 5.43. The molecule has 1 saturated heterocycles. The lowest BCUT2D eigenvalue weighted by Gasteiger charge is -2.36. The summed E-state index contributed by atoms with van der Waals surface area (Å²) in [5.74, 6) is -0.165. The van der Waals surface area contributed by atoms with Crippen molar-refractivity contribution in [2.24, 2.45) is 0 Å². The van der Waals surface area contributed by atoms with Crippen LogP contribution in [0.5, 0.6) is 0 Å². The molecular weight excluding hydrogens is 294 g/mol. The summed E-state index contributed by atoms with van der Waals surface area (Å²) in [7, 11) is 4.00. The van der Waals surface area contributed by atoms with E-state index < -0.39 is 4.92 Å². The number of amides is 1. The standard InChI is InChI=1S/C14H18ClN3O3/c1-16(2)11-4-3-7-17(9-11)14(19)12-6-5-10(18(20)21)8-13(12)15/h5-6,8,11H,3-4,7,9H2,1-2H3. The Bertz CT molecular complexity index is 562. The molecule has 1 atom stereocenters. The van der Waals surface area contributed by atoms with Crippen molar-refractivity contribution in [1.82, 2.24) is 9.80 Å². The Morgan fingerprint density at radius 3 is 2.76 bits per heavy atom. The number of halogens is 1. The number of likely N-dealkylation sites (N-methyl/N-ethyl adjacent to an activating group) is 1. The zero-order chi connectivity index (χ0) is 15.6. The van der Waals surface area contributed by atoms with Gasteiger partial charge in [0.05, 0.1) is 15.5 Å². The number of non-ortho nitro benzene ring substituents is 1. The number of hydrogen-bond donors (Lipinski definition) is 0. The average molecular weight is 312 g/mol. The largest absolute Gasteiger partial charge is 0.337 e. The summed E-state index contributed by atoms with van der Waals surface area (Å²) in [6, 6.07) is 4.30. The molecule has 0 N–H and O–H groups in total. The van der Waals surface area contributed by atoms with Gasteiger partial charge >= 0.3 is 0 Å². The van der Waals surface area contributed by atoms with Crippen molar-refractivity contribution in [2.45, 2.75) is 18.9 Å². The van der Waals surface area contributed by atoms with Gasteiger partial charge in [0.25, 0.3) is 11.6 Å². The first-order chi connectivity index (χ1) is 9.90. The number of carbonyl (C=O) groups excluding carboxylic acids is 1. The van der Waals surface area contributed by atoms with Crippen LogP contribution in [0.4, 0.5) is 5.69 Å². The molecule has 114 valence electrons. The zero-order valence-corrected chi connectivity index (χ0v) is 12.8. The van der Waals surface area contributed by atoms with Gasteiger partial charge in [-0.3, -0.25) is 14.9 Å². The molecule has 21 heavy (non-hydrogen) atoms. The summed E-state index contributed by atoms with van der Waals surface area (Å²) in [5, 5.41) is 10.8. The van der Waals surface area contributed by atoms with Gasteiger partial charge in [-0.05, 0) is 33.0 Å². The van der Waals surface area contributed by atoms with Crippen molar-refractivity contribution in [3.63, 3.8) is 0 Å². The molecule has 0 saturated carbocycles. The molecule has 0 aliphatic carbocycles. The van der Waals surface area contributed by atoms with Crippen LogP contribution in [-0.2, 0) is 0 Å². The number of piperidine rings is 1. The number of nitrogens with zero attached hydrogens (tertiary/aromatic N) is 3. The maximum atomic E-state index is 12.5. The highest BCUT2D eigenvalue weighted by atomic mass is 35.5. The van der Waals surface area contributed by atoms with E-state index in [-0.39, 0.29) is 16.6 Å². The van der Waals surface area contributed by atoms with Crippen molar-refractivity contribution in [1.29, 1.82) is 0 Å². The lowest BCUT2D eigenvalue weighted by molar-refractivity contribution is -0.384. The van der Waals surface area contributed by atoms with E-state index in [0.717, 1.165) is 12.8 Å². The van der Waals surface area contributed by atoms with Crippen LogP contribution in [0.3, 0.4) is 0 Å². The highest BCUT2D eigenvalue weighted by Crippen LogP contribution is 2.25. The lowest BCUT2D eigenvalue weighted by atomic mass is 10.0. The Morgan fingerprint density at radius 1 is 1.48 bits per heavy atom. The molecule has 1 unspecified atom stereocenters. The summed E-state index contributed by atoms with van der Waals surface area (Å²) in [6.45, 7) is 1.34. The smallest absolute Gasteiger partial charge is 0.270 e. The number of likely N-dealkylation sites (tertiary alicyclic amines) is 1. The molecule has 0 radical (unpaired) electrons. The van der Waals surface area contributed by atoms with E-state index in [1.54, 1.807) is 4.90 Å². The van der Waals surface area contributed by atoms with Gasteiger partial charge in [0, 0.05) is 31.3 Å². The van der Waals surface area contributed by atoms with E-state index in [4.69, 9.17) is 11.6 Å². The van der Waals surface area contributed by atoms with Crippen LogP contribution >= 0.6 is 11.6 Å². The Hall–Kier alpha value is -1.66. The predicted molar refractivity (Wildman–Crippen MR) is 80.7 cm³/mol. The predicted octanol–water partition coefficient (Wildman–Crippen LogP) is 2.41. The van der Waals surface area contributed by atoms with Crippen molar-refractivity contribution in [3.8, 4) is 0 Å². The fourth-order valence-corrected chi connectivity index (χ4v) is 2.78. The summed E-state index contributed by atoms with van der Waals surface area (Å²) < 4.78 is 0. The van der Waals surface area contributed by atoms with Crippen molar-refractivity contribution >= 4 is 23.2 Å². The minimum absolute atomic E-state index is 0.110. The summed E-state index contributed by atoms with van der Waals surface area (Å²) in [6.07, 6.45) is 2.00. The monoisotopic (exact) mass is 311 g/mol. The fraction of sp³-hybridized carbons (Fsp3) is 0.500. The van der Waals surface area contributed by atoms with Crippen molar-refractivity contribution in [2.75, 3.05) is 27.2 Å². The van der Waals surface area contributed by atoms with Gasteiger partial charge in [-0.25, -0.2) is 0 Å². The second-order valence-corrected chi connectivity index (χ2v) is 5.84. The highest BCUT2D eigenvalue weighted by molar-refractivity contribution is 6.34. The quantitative estimate of drug-likeness (QED) is 0.635. The van der Waals surface area contributed by atoms with Crippen LogP contribution in [0.15, 0.2) is 18.2 Å². The van der Waals surface area contributed by atoms with Gasteiger partial charge in [-0.1, -0.05) is 11.6 Å². The Morgan fingerprint density at radius 2 is 2.19 bits per heavy atom. The minimum Gasteiger partial charge on any atom is -0.337 e. The molecule has 0 bridgehead atoms. The van der Waals surface area contributed by atoms with Gasteiger partial charge in [-0.2, -0.15) is 0 Å². The molecule has 0 aromatic heterocycles. The first-order valence-electron chi connectivity index (χ1n) is 6.80. The Kier molecular flexibility index (Phi) is 4.80. The van der Waals surface area contributed by atoms with Crippen LogP contribution in [0.2, 0.25) is 5.02 Å². The van der Waals surface area contributed by atoms with E-state index in [1.807, 2.05) is 14.1 Å². The van der Waals surface area contributed by atoms with Crippen LogP contribution in [0, 0.1) is 10.1 Å². The normalized spacial score (nSPS) is 18.9. The number of benzene rings is 1. The molecule has 1 fully saturated rings. The first kappa shape index (κ1) is 15.7. The molecule has 1 heterocycles. The minimum atomic E-state index is -0.525. The summed E-state index contributed by atoms with van der Waals surface area (Å²) in [5.41, 5.74) is 0.211. The molecule has 1 aliphatic heterocycles. The van der Waals surface area contributed by atoms with Crippen LogP contribution in [0.1, 0.15) is 23.2 Å². The third-order valence-electron chi connectivity index (χ3n) is 3.81. The molecule has 0 spiro atoms. The number of hydrogen-bond acceptors (Lipinski definition) is 4.